The number of nitrogens with one attached hydrogen (secondary N) is 2. The largest absolute Gasteiger partial charge is 0.453 e. The molecule has 2 N–H and O–H groups in total. The number of nitrogens with zero attached hydrogens (tertiary/aromatic N) is 4. The summed E-state index contributed by atoms with van der Waals surface area (Å²) >= 11 is 0. The number of pyridine rings is 1. The fraction of sp³-hybridized carbons (Fsp3) is 0.391. The van der Waals surface area contributed by atoms with Gasteiger partial charge < -0.3 is 20.3 Å². The highest BCUT2D eigenvalue weighted by atomic mass is 19.3. The third-order valence-corrected chi connectivity index (χ3v) is 5.81. The fourth-order valence-corrected chi connectivity index (χ4v) is 4.09. The van der Waals surface area contributed by atoms with Gasteiger partial charge >= 0.3 is 6.09 Å². The molecule has 0 radical (unpaired) electrons. The summed E-state index contributed by atoms with van der Waals surface area (Å²) in [5, 5.41) is 6.61. The summed E-state index contributed by atoms with van der Waals surface area (Å²) in [6.45, 7) is 4.66. The van der Waals surface area contributed by atoms with Crippen LogP contribution in [0.2, 0.25) is 0 Å². The maximum absolute atomic E-state index is 14.7. The molecular formula is C23H25F3N6O2. The molecule has 34 heavy (non-hydrogen) atoms. The van der Waals surface area contributed by atoms with Gasteiger partial charge in [-0.3, -0.25) is 0 Å². The molecular weight excluding hydrogens is 449 g/mol. The van der Waals surface area contributed by atoms with Crippen LogP contribution in [0.3, 0.4) is 0 Å². The number of methoxy groups -OCH3 is 1. The standard InChI is InChI=1S/C23H25F3N6O2/c1-12(15-5-4-6-16(20(15)24)21(25)26)28-22-17-9-19(27-10-18(17)29-13(2)30-22)32-8-7-14(11-32)31-23(33)34-3/h4-6,9-10,12,14,21H,7-8,11H2,1-3H3,(H,31,33)(H,28,29,30)/t12-,14-/m1/s1. The first kappa shape index (κ1) is 23.5. The van der Waals surface area contributed by atoms with Crippen LogP contribution < -0.4 is 15.5 Å². The lowest BCUT2D eigenvalue weighted by atomic mass is 10.0. The number of fused-ring (bicyclic) bond motifs is 1. The minimum absolute atomic E-state index is 0.0677. The Morgan fingerprint density at radius 1 is 1.26 bits per heavy atom. The molecule has 1 saturated heterocycles. The van der Waals surface area contributed by atoms with Crippen LogP contribution in [0.1, 0.15) is 42.8 Å². The monoisotopic (exact) mass is 474 g/mol. The topological polar surface area (TPSA) is 92.3 Å². The van der Waals surface area contributed by atoms with Crippen molar-refractivity contribution in [3.8, 4) is 0 Å². The van der Waals surface area contributed by atoms with Crippen LogP contribution in [-0.4, -0.2) is 47.3 Å². The number of ether oxygens (including phenoxy) is 1. The number of rotatable bonds is 6. The van der Waals surface area contributed by atoms with E-state index >= 15 is 0 Å². The maximum atomic E-state index is 14.7. The molecule has 1 aromatic carbocycles. The summed E-state index contributed by atoms with van der Waals surface area (Å²) < 4.78 is 45.6. The second-order valence-corrected chi connectivity index (χ2v) is 8.16. The smallest absolute Gasteiger partial charge is 0.407 e. The van der Waals surface area contributed by atoms with Crippen molar-refractivity contribution in [2.75, 3.05) is 30.4 Å². The Labute approximate surface area is 194 Å². The number of benzene rings is 1. The van der Waals surface area contributed by atoms with Crippen molar-refractivity contribution < 1.29 is 22.7 Å². The van der Waals surface area contributed by atoms with Crippen molar-refractivity contribution in [1.29, 1.82) is 0 Å². The minimum Gasteiger partial charge on any atom is -0.453 e. The molecule has 0 spiro atoms. The number of aromatic nitrogens is 3. The highest BCUT2D eigenvalue weighted by Gasteiger charge is 2.26. The molecule has 2 aromatic heterocycles. The average Bonchev–Trinajstić information content (AvgIpc) is 3.26. The molecule has 3 aromatic rings. The van der Waals surface area contributed by atoms with Gasteiger partial charge in [-0.25, -0.2) is 32.9 Å². The molecule has 0 bridgehead atoms. The first-order valence-corrected chi connectivity index (χ1v) is 10.8. The summed E-state index contributed by atoms with van der Waals surface area (Å²) in [6.07, 6.45) is -1.01. The summed E-state index contributed by atoms with van der Waals surface area (Å²) in [7, 11) is 1.32. The predicted molar refractivity (Wildman–Crippen MR) is 122 cm³/mol. The maximum Gasteiger partial charge on any atom is 0.407 e. The van der Waals surface area contributed by atoms with Crippen molar-refractivity contribution in [2.24, 2.45) is 0 Å². The van der Waals surface area contributed by atoms with Crippen LogP contribution in [-0.2, 0) is 4.74 Å². The third-order valence-electron chi connectivity index (χ3n) is 5.81. The molecule has 8 nitrogen and oxygen atoms in total. The van der Waals surface area contributed by atoms with Crippen LogP contribution in [0.25, 0.3) is 10.9 Å². The number of halogens is 3. The van der Waals surface area contributed by atoms with Crippen LogP contribution in [0.5, 0.6) is 0 Å². The molecule has 11 heteroatoms. The van der Waals surface area contributed by atoms with E-state index in [2.05, 4.69) is 30.3 Å². The lowest BCUT2D eigenvalue weighted by Crippen LogP contribution is -2.37. The normalized spacial score (nSPS) is 16.7. The van der Waals surface area contributed by atoms with Gasteiger partial charge in [-0.1, -0.05) is 18.2 Å². The fourth-order valence-electron chi connectivity index (χ4n) is 4.09. The second kappa shape index (κ2) is 9.70. The van der Waals surface area contributed by atoms with Gasteiger partial charge in [-0.2, -0.15) is 0 Å². The predicted octanol–water partition coefficient (Wildman–Crippen LogP) is 4.52. The number of carbonyl (C=O) groups is 1. The number of amides is 1. The molecule has 1 fully saturated rings. The van der Waals surface area contributed by atoms with Gasteiger partial charge in [0.15, 0.2) is 0 Å². The zero-order chi connectivity index (χ0) is 24.4. The van der Waals surface area contributed by atoms with Crippen molar-refractivity contribution in [2.45, 2.75) is 38.8 Å². The summed E-state index contributed by atoms with van der Waals surface area (Å²) in [5.41, 5.74) is 0.0782. The Balaban J connectivity index is 1.62. The van der Waals surface area contributed by atoms with E-state index in [4.69, 9.17) is 0 Å². The molecule has 1 aliphatic rings. The average molecular weight is 474 g/mol. The molecule has 0 saturated carbocycles. The van der Waals surface area contributed by atoms with Crippen LogP contribution in [0.4, 0.5) is 29.6 Å². The number of aryl methyl sites for hydroxylation is 1. The molecule has 4 rings (SSSR count). The third kappa shape index (κ3) is 4.82. The van der Waals surface area contributed by atoms with E-state index in [1.807, 2.05) is 11.0 Å². The van der Waals surface area contributed by atoms with Crippen LogP contribution in [0.15, 0.2) is 30.5 Å². The van der Waals surface area contributed by atoms with Crippen molar-refractivity contribution >= 4 is 28.6 Å². The van der Waals surface area contributed by atoms with Gasteiger partial charge in [-0.15, -0.1) is 0 Å². The van der Waals surface area contributed by atoms with Gasteiger partial charge in [0, 0.05) is 24.0 Å². The van der Waals surface area contributed by atoms with Gasteiger partial charge in [0.2, 0.25) is 0 Å². The Morgan fingerprint density at radius 3 is 2.76 bits per heavy atom. The summed E-state index contributed by atoms with van der Waals surface area (Å²) in [5.74, 6) is 0.679. The van der Waals surface area contributed by atoms with Crippen LogP contribution in [0, 0.1) is 12.7 Å². The molecule has 1 amide bonds. The van der Waals surface area contributed by atoms with Crippen molar-refractivity contribution in [3.05, 3.63) is 53.2 Å². The molecule has 1 aliphatic heterocycles. The van der Waals surface area contributed by atoms with Gasteiger partial charge in [0.05, 0.1) is 36.5 Å². The molecule has 3 heterocycles. The highest BCUT2D eigenvalue weighted by Crippen LogP contribution is 2.31. The number of alkyl halides is 2. The number of hydrogen-bond acceptors (Lipinski definition) is 7. The number of anilines is 2. The lowest BCUT2D eigenvalue weighted by molar-refractivity contribution is 0.146. The van der Waals surface area contributed by atoms with E-state index in [-0.39, 0.29) is 11.6 Å². The first-order valence-electron chi connectivity index (χ1n) is 10.8. The summed E-state index contributed by atoms with van der Waals surface area (Å²) in [6, 6.07) is 5.10. The number of alkyl carbamates (subject to hydrolysis) is 1. The Kier molecular flexibility index (Phi) is 6.71. The quantitative estimate of drug-likeness (QED) is 0.543. The Hall–Kier alpha value is -3.63. The highest BCUT2D eigenvalue weighted by molar-refractivity contribution is 5.90. The second-order valence-electron chi connectivity index (χ2n) is 8.16. The van der Waals surface area contributed by atoms with Crippen molar-refractivity contribution in [3.63, 3.8) is 0 Å². The van der Waals surface area contributed by atoms with Gasteiger partial charge in [0.1, 0.15) is 23.3 Å². The Bertz CT molecular complexity index is 1210. The van der Waals surface area contributed by atoms with E-state index in [9.17, 15) is 18.0 Å². The molecule has 180 valence electrons. The Morgan fingerprint density at radius 2 is 2.03 bits per heavy atom. The summed E-state index contributed by atoms with van der Waals surface area (Å²) in [4.78, 5) is 26.9. The van der Waals surface area contributed by atoms with E-state index in [1.54, 1.807) is 20.0 Å². The van der Waals surface area contributed by atoms with Gasteiger partial charge in [-0.05, 0) is 26.3 Å². The zero-order valence-electron chi connectivity index (χ0n) is 19.0. The number of carbonyl (C=O) groups excluding carboxylic acids is 1. The first-order chi connectivity index (χ1) is 16.3. The molecule has 2 atom stereocenters. The lowest BCUT2D eigenvalue weighted by Gasteiger charge is -2.20. The van der Waals surface area contributed by atoms with E-state index in [0.29, 0.717) is 41.5 Å². The van der Waals surface area contributed by atoms with E-state index in [0.717, 1.165) is 12.5 Å². The van der Waals surface area contributed by atoms with E-state index < -0.39 is 29.9 Å². The minimum atomic E-state index is -2.90. The SMILES string of the molecule is COC(=O)N[C@@H]1CCN(c2cc3c(N[C@H](C)c4cccc(C(F)F)c4F)nc(C)nc3cn2)C1. The van der Waals surface area contributed by atoms with E-state index in [1.165, 1.54) is 19.2 Å². The zero-order valence-corrected chi connectivity index (χ0v) is 19.0. The van der Waals surface area contributed by atoms with Gasteiger partial charge in [0.25, 0.3) is 6.43 Å². The van der Waals surface area contributed by atoms with Crippen molar-refractivity contribution in [1.82, 2.24) is 20.3 Å². The number of hydrogen-bond donors (Lipinski definition) is 2. The molecule has 0 aliphatic carbocycles. The molecule has 0 unspecified atom stereocenters. The van der Waals surface area contributed by atoms with Crippen LogP contribution >= 0.6 is 0 Å².